The van der Waals surface area contributed by atoms with E-state index in [1.54, 1.807) is 6.20 Å². The van der Waals surface area contributed by atoms with E-state index >= 15 is 0 Å². The van der Waals surface area contributed by atoms with Crippen molar-refractivity contribution in [3.05, 3.63) is 35.5 Å². The van der Waals surface area contributed by atoms with Gasteiger partial charge in [-0.25, -0.2) is 0 Å². The summed E-state index contributed by atoms with van der Waals surface area (Å²) in [5, 5.41) is 5.15. The number of fused-ring (bicyclic) bond motifs is 1. The lowest BCUT2D eigenvalue weighted by Gasteiger charge is -2.17. The molecular formula is C14H18ClN3. The third-order valence-electron chi connectivity index (χ3n) is 3.09. The zero-order chi connectivity index (χ0) is 13.1. The Morgan fingerprint density at radius 2 is 2.11 bits per heavy atom. The molecule has 0 bridgehead atoms. The van der Waals surface area contributed by atoms with E-state index < -0.39 is 0 Å². The van der Waals surface area contributed by atoms with Crippen LogP contribution in [0.2, 0.25) is 5.02 Å². The van der Waals surface area contributed by atoms with Crippen LogP contribution in [0.15, 0.2) is 30.5 Å². The number of anilines is 1. The predicted octanol–water partition coefficient (Wildman–Crippen LogP) is 3.28. The highest BCUT2D eigenvalue weighted by Crippen LogP contribution is 2.24. The van der Waals surface area contributed by atoms with E-state index in [4.69, 9.17) is 17.3 Å². The Kier molecular flexibility index (Phi) is 4.04. The first-order chi connectivity index (χ1) is 8.58. The lowest BCUT2D eigenvalue weighted by molar-refractivity contribution is 0.511. The molecular weight excluding hydrogens is 246 g/mol. The molecule has 2 rings (SSSR count). The molecule has 1 aromatic heterocycles. The van der Waals surface area contributed by atoms with Gasteiger partial charge >= 0.3 is 0 Å². The molecule has 1 unspecified atom stereocenters. The Hall–Kier alpha value is -1.32. The van der Waals surface area contributed by atoms with E-state index in [0.717, 1.165) is 23.1 Å². The van der Waals surface area contributed by atoms with Crippen LogP contribution in [-0.4, -0.2) is 17.6 Å². The Morgan fingerprint density at radius 3 is 2.83 bits per heavy atom. The van der Waals surface area contributed by atoms with Crippen LogP contribution in [0.3, 0.4) is 0 Å². The maximum absolute atomic E-state index is 6.03. The molecule has 0 aliphatic heterocycles. The fraction of sp³-hybridized carbons (Fsp3) is 0.357. The van der Waals surface area contributed by atoms with Crippen molar-refractivity contribution in [2.24, 2.45) is 11.7 Å². The largest absolute Gasteiger partial charge is 0.383 e. The van der Waals surface area contributed by atoms with Gasteiger partial charge in [0, 0.05) is 34.9 Å². The number of nitrogens with two attached hydrogens (primary N) is 1. The van der Waals surface area contributed by atoms with E-state index in [1.165, 1.54) is 0 Å². The first-order valence-corrected chi connectivity index (χ1v) is 6.49. The zero-order valence-electron chi connectivity index (χ0n) is 10.7. The molecule has 3 nitrogen and oxygen atoms in total. The topological polar surface area (TPSA) is 50.9 Å². The molecule has 0 radical (unpaired) electrons. The van der Waals surface area contributed by atoms with Gasteiger partial charge in [-0.15, -0.1) is 0 Å². The lowest BCUT2D eigenvalue weighted by atomic mass is 10.1. The van der Waals surface area contributed by atoms with Gasteiger partial charge in [-0.3, -0.25) is 4.98 Å². The molecule has 0 aliphatic carbocycles. The van der Waals surface area contributed by atoms with E-state index in [0.29, 0.717) is 10.9 Å². The second kappa shape index (κ2) is 5.55. The number of hydrogen-bond donors (Lipinski definition) is 2. The fourth-order valence-electron chi connectivity index (χ4n) is 1.74. The molecule has 1 aromatic carbocycles. The van der Waals surface area contributed by atoms with Crippen LogP contribution in [0, 0.1) is 5.92 Å². The van der Waals surface area contributed by atoms with Crippen molar-refractivity contribution in [3.8, 4) is 0 Å². The smallest absolute Gasteiger partial charge is 0.0737 e. The Morgan fingerprint density at radius 1 is 1.33 bits per heavy atom. The summed E-state index contributed by atoms with van der Waals surface area (Å²) in [7, 11) is 0. The molecule has 4 heteroatoms. The van der Waals surface area contributed by atoms with Crippen molar-refractivity contribution >= 4 is 28.2 Å². The lowest BCUT2D eigenvalue weighted by Crippen LogP contribution is -2.34. The fourth-order valence-corrected chi connectivity index (χ4v) is 1.91. The highest BCUT2D eigenvalue weighted by Gasteiger charge is 2.08. The second-order valence-corrected chi connectivity index (χ2v) is 5.25. The van der Waals surface area contributed by atoms with Crippen LogP contribution < -0.4 is 11.1 Å². The maximum atomic E-state index is 6.03. The van der Waals surface area contributed by atoms with Gasteiger partial charge in [-0.05, 0) is 30.2 Å². The Balaban J connectivity index is 2.23. The van der Waals surface area contributed by atoms with Gasteiger partial charge < -0.3 is 11.1 Å². The Labute approximate surface area is 112 Å². The minimum absolute atomic E-state index is 0.139. The van der Waals surface area contributed by atoms with Gasteiger partial charge in [-0.1, -0.05) is 25.4 Å². The van der Waals surface area contributed by atoms with Crippen LogP contribution in [0.1, 0.15) is 13.8 Å². The van der Waals surface area contributed by atoms with E-state index in [-0.39, 0.29) is 6.04 Å². The number of nitrogens with zero attached hydrogens (tertiary/aromatic N) is 1. The number of halogens is 1. The highest BCUT2D eigenvalue weighted by atomic mass is 35.5. The molecule has 1 heterocycles. The second-order valence-electron chi connectivity index (χ2n) is 4.81. The first kappa shape index (κ1) is 13.1. The average Bonchev–Trinajstić information content (AvgIpc) is 2.35. The minimum Gasteiger partial charge on any atom is -0.383 e. The van der Waals surface area contributed by atoms with Crippen LogP contribution in [0.4, 0.5) is 5.69 Å². The van der Waals surface area contributed by atoms with Crippen LogP contribution in [-0.2, 0) is 0 Å². The van der Waals surface area contributed by atoms with Crippen molar-refractivity contribution in [3.63, 3.8) is 0 Å². The summed E-state index contributed by atoms with van der Waals surface area (Å²) in [6.45, 7) is 4.99. The monoisotopic (exact) mass is 263 g/mol. The standard InChI is InChI=1S/C14H18ClN3/c1-9(2)12(16)8-18-13-5-6-17-14-7-10(15)3-4-11(13)14/h3-7,9,12H,8,16H2,1-2H3,(H,17,18). The minimum atomic E-state index is 0.139. The van der Waals surface area contributed by atoms with E-state index in [1.807, 2.05) is 24.3 Å². The molecule has 0 fully saturated rings. The van der Waals surface area contributed by atoms with Gasteiger partial charge in [0.05, 0.1) is 5.52 Å². The van der Waals surface area contributed by atoms with E-state index in [2.05, 4.69) is 24.1 Å². The van der Waals surface area contributed by atoms with Gasteiger partial charge in [0.2, 0.25) is 0 Å². The molecule has 18 heavy (non-hydrogen) atoms. The normalized spacial score (nSPS) is 12.9. The molecule has 1 atom stereocenters. The summed E-state index contributed by atoms with van der Waals surface area (Å²) >= 11 is 5.96. The third-order valence-corrected chi connectivity index (χ3v) is 3.32. The molecule has 0 aliphatic rings. The van der Waals surface area contributed by atoms with Crippen molar-refractivity contribution in [2.45, 2.75) is 19.9 Å². The summed E-state index contributed by atoms with van der Waals surface area (Å²) in [5.41, 5.74) is 7.98. The van der Waals surface area contributed by atoms with Crippen molar-refractivity contribution in [1.29, 1.82) is 0 Å². The number of aromatic nitrogens is 1. The average molecular weight is 264 g/mol. The summed E-state index contributed by atoms with van der Waals surface area (Å²) < 4.78 is 0. The van der Waals surface area contributed by atoms with Gasteiger partial charge in [0.1, 0.15) is 0 Å². The zero-order valence-corrected chi connectivity index (χ0v) is 11.4. The summed E-state index contributed by atoms with van der Waals surface area (Å²) in [5.74, 6) is 0.458. The summed E-state index contributed by atoms with van der Waals surface area (Å²) in [6, 6.07) is 7.82. The highest BCUT2D eigenvalue weighted by molar-refractivity contribution is 6.31. The molecule has 0 saturated carbocycles. The molecule has 2 aromatic rings. The van der Waals surface area contributed by atoms with Gasteiger partial charge in [-0.2, -0.15) is 0 Å². The van der Waals surface area contributed by atoms with Crippen molar-refractivity contribution < 1.29 is 0 Å². The molecule has 0 amide bonds. The molecule has 0 saturated heterocycles. The van der Waals surface area contributed by atoms with E-state index in [9.17, 15) is 0 Å². The number of nitrogens with one attached hydrogen (secondary N) is 1. The van der Waals surface area contributed by atoms with Gasteiger partial charge in [0.15, 0.2) is 0 Å². The quantitative estimate of drug-likeness (QED) is 0.890. The van der Waals surface area contributed by atoms with Crippen LogP contribution >= 0.6 is 11.6 Å². The van der Waals surface area contributed by atoms with Crippen molar-refractivity contribution in [1.82, 2.24) is 4.98 Å². The SMILES string of the molecule is CC(C)C(N)CNc1ccnc2cc(Cl)ccc12. The maximum Gasteiger partial charge on any atom is 0.0737 e. The number of benzene rings is 1. The summed E-state index contributed by atoms with van der Waals surface area (Å²) in [4.78, 5) is 4.31. The molecule has 3 N–H and O–H groups in total. The Bertz CT molecular complexity index is 540. The van der Waals surface area contributed by atoms with Crippen LogP contribution in [0.25, 0.3) is 10.9 Å². The first-order valence-electron chi connectivity index (χ1n) is 6.11. The number of rotatable bonds is 4. The number of hydrogen-bond acceptors (Lipinski definition) is 3. The predicted molar refractivity (Wildman–Crippen MR) is 78.1 cm³/mol. The number of pyridine rings is 1. The molecule has 96 valence electrons. The van der Waals surface area contributed by atoms with Crippen molar-refractivity contribution in [2.75, 3.05) is 11.9 Å². The summed E-state index contributed by atoms with van der Waals surface area (Å²) in [6.07, 6.45) is 1.78. The van der Waals surface area contributed by atoms with Crippen LogP contribution in [0.5, 0.6) is 0 Å². The molecule has 0 spiro atoms. The third kappa shape index (κ3) is 2.92. The van der Waals surface area contributed by atoms with Gasteiger partial charge in [0.25, 0.3) is 0 Å².